The Morgan fingerprint density at radius 2 is 1.97 bits per heavy atom. The lowest BCUT2D eigenvalue weighted by atomic mass is 9.92. The predicted octanol–water partition coefficient (Wildman–Crippen LogP) is 3.62. The zero-order valence-electron chi connectivity index (χ0n) is 16.2. The number of benzene rings is 2. The number of rotatable bonds is 3. The van der Waals surface area contributed by atoms with E-state index < -0.39 is 41.3 Å². The number of carbonyl (C=O) groups excluding carboxylic acids is 3. The Balaban J connectivity index is 1.60. The van der Waals surface area contributed by atoms with Crippen molar-refractivity contribution in [1.29, 1.82) is 0 Å². The summed E-state index contributed by atoms with van der Waals surface area (Å²) in [6.45, 7) is -0.175. The second kappa shape index (κ2) is 7.49. The number of carbonyl (C=O) groups is 3. The van der Waals surface area contributed by atoms with Crippen molar-refractivity contribution in [3.05, 3.63) is 70.9 Å². The van der Waals surface area contributed by atoms with Crippen molar-refractivity contribution in [3.8, 4) is 0 Å². The molecular weight excluding hydrogens is 424 g/mol. The highest BCUT2D eigenvalue weighted by molar-refractivity contribution is 8.14. The maximum Gasteiger partial charge on any atom is 0.289 e. The zero-order chi connectivity index (χ0) is 21.7. The Morgan fingerprint density at radius 3 is 2.74 bits per heavy atom. The number of nitrogens with zero attached hydrogens (tertiary/aromatic N) is 2. The molecule has 1 N–H and O–H groups in total. The maximum atomic E-state index is 14.8. The Kier molecular flexibility index (Phi) is 4.77. The van der Waals surface area contributed by atoms with Crippen LogP contribution in [0.2, 0.25) is 0 Å². The lowest BCUT2D eigenvalue weighted by Crippen LogP contribution is -2.46. The maximum absolute atomic E-state index is 14.8. The molecule has 2 aliphatic heterocycles. The van der Waals surface area contributed by atoms with Gasteiger partial charge in [-0.2, -0.15) is 0 Å². The molecule has 0 aliphatic carbocycles. The quantitative estimate of drug-likeness (QED) is 0.674. The van der Waals surface area contributed by atoms with Gasteiger partial charge in [0.25, 0.3) is 5.24 Å². The number of imide groups is 1. The van der Waals surface area contributed by atoms with E-state index in [4.69, 9.17) is 0 Å². The lowest BCUT2D eigenvalue weighted by molar-refractivity contribution is -0.138. The minimum Gasteiger partial charge on any atom is -0.356 e. The first-order chi connectivity index (χ1) is 14.9. The molecule has 1 saturated heterocycles. The number of H-pyrrole nitrogens is 1. The van der Waals surface area contributed by atoms with Crippen molar-refractivity contribution >= 4 is 39.7 Å². The third-order valence-electron chi connectivity index (χ3n) is 5.74. The topological polar surface area (TPSA) is 73.5 Å². The fourth-order valence-electron chi connectivity index (χ4n) is 4.32. The molecule has 2 aromatic carbocycles. The van der Waals surface area contributed by atoms with E-state index in [1.54, 1.807) is 0 Å². The van der Waals surface area contributed by atoms with Gasteiger partial charge < -0.3 is 9.88 Å². The summed E-state index contributed by atoms with van der Waals surface area (Å²) in [7, 11) is 0. The van der Waals surface area contributed by atoms with Crippen LogP contribution in [0.15, 0.2) is 42.5 Å². The van der Waals surface area contributed by atoms with Gasteiger partial charge in [0.15, 0.2) is 0 Å². The fraction of sp³-hybridized carbons (Fsp3) is 0.227. The van der Waals surface area contributed by atoms with Crippen LogP contribution >= 0.6 is 11.8 Å². The molecule has 2 aliphatic rings. The standard InChI is InChI=1S/C22H17F2N3O3S/c23-12-5-6-16(24)15(9-12)21-20-14(13-3-1-2-4-17(13)25-20)7-8-26(21)18(28)10-27-19(29)11-31-22(27)30/h1-6,9,21,25H,7-8,10-11H2. The van der Waals surface area contributed by atoms with E-state index in [9.17, 15) is 23.2 Å². The van der Waals surface area contributed by atoms with Gasteiger partial charge in [0.05, 0.1) is 5.75 Å². The van der Waals surface area contributed by atoms with Gasteiger partial charge in [-0.1, -0.05) is 30.0 Å². The van der Waals surface area contributed by atoms with Crippen molar-refractivity contribution < 1.29 is 23.2 Å². The summed E-state index contributed by atoms with van der Waals surface area (Å²) in [5.74, 6) is -2.18. The van der Waals surface area contributed by atoms with Gasteiger partial charge in [0.1, 0.15) is 24.2 Å². The molecule has 31 heavy (non-hydrogen) atoms. The summed E-state index contributed by atoms with van der Waals surface area (Å²) >= 11 is 0.846. The Bertz CT molecular complexity index is 1230. The second-order valence-corrected chi connectivity index (χ2v) is 8.43. The van der Waals surface area contributed by atoms with Crippen LogP contribution in [0, 0.1) is 11.6 Å². The van der Waals surface area contributed by atoms with Crippen molar-refractivity contribution in [2.75, 3.05) is 18.8 Å². The number of fused-ring (bicyclic) bond motifs is 3. The molecule has 3 amide bonds. The molecule has 0 spiro atoms. The van der Waals surface area contributed by atoms with Gasteiger partial charge in [-0.15, -0.1) is 0 Å². The van der Waals surface area contributed by atoms with Crippen LogP contribution in [0.5, 0.6) is 0 Å². The normalized spacial score (nSPS) is 18.7. The number of hydrogen-bond donors (Lipinski definition) is 1. The number of aromatic amines is 1. The molecule has 5 rings (SSSR count). The van der Waals surface area contributed by atoms with Gasteiger partial charge in [0, 0.05) is 28.7 Å². The number of thioether (sulfide) groups is 1. The van der Waals surface area contributed by atoms with Crippen LogP contribution in [-0.2, 0) is 16.0 Å². The smallest absolute Gasteiger partial charge is 0.289 e. The molecule has 1 fully saturated rings. The summed E-state index contributed by atoms with van der Waals surface area (Å²) in [6.07, 6.45) is 0.509. The molecule has 158 valence electrons. The Labute approximate surface area is 180 Å². The average Bonchev–Trinajstić information content (AvgIpc) is 3.29. The van der Waals surface area contributed by atoms with Gasteiger partial charge in [-0.25, -0.2) is 8.78 Å². The molecule has 1 atom stereocenters. The second-order valence-electron chi connectivity index (χ2n) is 7.50. The Morgan fingerprint density at radius 1 is 1.16 bits per heavy atom. The fourth-order valence-corrected chi connectivity index (χ4v) is 5.04. The third kappa shape index (κ3) is 3.29. The number of hydrogen-bond acceptors (Lipinski definition) is 4. The number of halogens is 2. The molecule has 0 radical (unpaired) electrons. The predicted molar refractivity (Wildman–Crippen MR) is 111 cm³/mol. The van der Waals surface area contributed by atoms with Crippen LogP contribution in [0.1, 0.15) is 22.9 Å². The van der Waals surface area contributed by atoms with Gasteiger partial charge in [-0.3, -0.25) is 19.3 Å². The van der Waals surface area contributed by atoms with Crippen LogP contribution < -0.4 is 0 Å². The number of aromatic nitrogens is 1. The van der Waals surface area contributed by atoms with Gasteiger partial charge >= 0.3 is 0 Å². The van der Waals surface area contributed by atoms with Gasteiger partial charge in [0.2, 0.25) is 11.8 Å². The Hall–Kier alpha value is -3.20. The van der Waals surface area contributed by atoms with E-state index in [0.717, 1.165) is 51.3 Å². The van der Waals surface area contributed by atoms with Crippen LogP contribution in [0.3, 0.4) is 0 Å². The van der Waals surface area contributed by atoms with E-state index in [1.165, 1.54) is 4.90 Å². The van der Waals surface area contributed by atoms with Crippen LogP contribution in [-0.4, -0.2) is 50.7 Å². The van der Waals surface area contributed by atoms with Gasteiger partial charge in [-0.05, 0) is 36.2 Å². The van der Waals surface area contributed by atoms with E-state index >= 15 is 0 Å². The molecule has 1 unspecified atom stereocenters. The van der Waals surface area contributed by atoms with Crippen molar-refractivity contribution in [2.45, 2.75) is 12.5 Å². The third-order valence-corrected chi connectivity index (χ3v) is 6.60. The monoisotopic (exact) mass is 441 g/mol. The zero-order valence-corrected chi connectivity index (χ0v) is 17.0. The summed E-state index contributed by atoms with van der Waals surface area (Å²) in [5.41, 5.74) is 2.41. The highest BCUT2D eigenvalue weighted by Gasteiger charge is 2.39. The summed E-state index contributed by atoms with van der Waals surface area (Å²) < 4.78 is 28.9. The number of para-hydroxylation sites is 1. The number of amides is 3. The first-order valence-electron chi connectivity index (χ1n) is 9.75. The molecule has 1 aromatic heterocycles. The first-order valence-corrected chi connectivity index (χ1v) is 10.7. The van der Waals surface area contributed by atoms with E-state index in [0.29, 0.717) is 12.1 Å². The molecular formula is C22H17F2N3O3S. The van der Waals surface area contributed by atoms with E-state index in [1.807, 2.05) is 24.3 Å². The van der Waals surface area contributed by atoms with Crippen molar-refractivity contribution in [1.82, 2.24) is 14.8 Å². The minimum absolute atomic E-state index is 0.000231. The SMILES string of the molecule is O=C1CSC(=O)N1CC(=O)N1CCc2c([nH]c3ccccc23)C1c1cc(F)ccc1F. The highest BCUT2D eigenvalue weighted by atomic mass is 32.2. The molecule has 0 saturated carbocycles. The minimum atomic E-state index is -0.903. The van der Waals surface area contributed by atoms with E-state index in [-0.39, 0.29) is 17.9 Å². The van der Waals surface area contributed by atoms with E-state index in [2.05, 4.69) is 4.98 Å². The number of nitrogens with one attached hydrogen (secondary N) is 1. The molecule has 6 nitrogen and oxygen atoms in total. The highest BCUT2D eigenvalue weighted by Crippen LogP contribution is 2.39. The van der Waals surface area contributed by atoms with Crippen molar-refractivity contribution in [2.24, 2.45) is 0 Å². The average molecular weight is 441 g/mol. The van der Waals surface area contributed by atoms with Crippen LogP contribution in [0.4, 0.5) is 13.6 Å². The lowest BCUT2D eigenvalue weighted by Gasteiger charge is -2.37. The van der Waals surface area contributed by atoms with Crippen LogP contribution in [0.25, 0.3) is 10.9 Å². The molecule has 0 bridgehead atoms. The largest absolute Gasteiger partial charge is 0.356 e. The molecule has 9 heteroatoms. The summed E-state index contributed by atoms with van der Waals surface area (Å²) in [5, 5.41) is 0.489. The summed E-state index contributed by atoms with van der Waals surface area (Å²) in [4.78, 5) is 42.7. The summed E-state index contributed by atoms with van der Waals surface area (Å²) in [6, 6.07) is 9.84. The molecule has 3 heterocycles. The first kappa shape index (κ1) is 19.7. The molecule has 3 aromatic rings. The van der Waals surface area contributed by atoms with Crippen molar-refractivity contribution in [3.63, 3.8) is 0 Å².